The fraction of sp³-hybridized carbons (Fsp3) is 0.344. The number of likely N-dealkylation sites (tertiary alicyclic amines) is 1. The van der Waals surface area contributed by atoms with E-state index in [4.69, 9.17) is 0 Å². The van der Waals surface area contributed by atoms with Gasteiger partial charge in [-0.25, -0.2) is 8.78 Å². The fourth-order valence-electron chi connectivity index (χ4n) is 5.61. The molecule has 1 aliphatic rings. The number of hydrogen-bond donors (Lipinski definition) is 1. The van der Waals surface area contributed by atoms with E-state index in [0.29, 0.717) is 24.1 Å². The molecule has 4 rings (SSSR count). The summed E-state index contributed by atoms with van der Waals surface area (Å²) in [5, 5.41) is 10.1. The Kier molecular flexibility index (Phi) is 9.10. The van der Waals surface area contributed by atoms with Gasteiger partial charge in [-0.1, -0.05) is 36.4 Å². The van der Waals surface area contributed by atoms with Crippen LogP contribution >= 0.6 is 0 Å². The second-order valence-electron chi connectivity index (χ2n) is 10.7. The smallest absolute Gasteiger partial charge is 0.222 e. The number of carbonyl (C=O) groups is 3. The van der Waals surface area contributed by atoms with Crippen LogP contribution < -0.4 is 0 Å². The summed E-state index contributed by atoms with van der Waals surface area (Å²) in [6.07, 6.45) is 0.807. The van der Waals surface area contributed by atoms with Gasteiger partial charge >= 0.3 is 0 Å². The standard InChI is InChI=1S/C32H34F2N2O4/c1-20-23(12-7-14-27(20)33)30-25(31(39)21-9-6-10-22(37)17-21)18-36(29(38)15-8-16-35(2)3)19-26(30)32(40)24-11-4-5-13-28(24)34/h4-7,9-14,17,25-26,30,37H,8,15-16,18-19H2,1-3H3. The number of rotatable bonds is 9. The highest BCUT2D eigenvalue weighted by Gasteiger charge is 2.47. The minimum atomic E-state index is -1.00. The van der Waals surface area contributed by atoms with Crippen LogP contribution in [0.1, 0.15) is 50.6 Å². The molecule has 0 saturated carbocycles. The third kappa shape index (κ3) is 6.28. The van der Waals surface area contributed by atoms with E-state index < -0.39 is 35.2 Å². The Hall–Kier alpha value is -3.91. The van der Waals surface area contributed by atoms with Crippen LogP contribution in [0, 0.1) is 30.4 Å². The second kappa shape index (κ2) is 12.5. The van der Waals surface area contributed by atoms with E-state index >= 15 is 0 Å². The molecule has 8 heteroatoms. The number of phenolic OH excluding ortho intramolecular Hbond substituents is 1. The summed E-state index contributed by atoms with van der Waals surface area (Å²) in [7, 11) is 3.81. The summed E-state index contributed by atoms with van der Waals surface area (Å²) in [5.74, 6) is -5.21. The lowest BCUT2D eigenvalue weighted by atomic mass is 9.67. The lowest BCUT2D eigenvalue weighted by molar-refractivity contribution is -0.133. The molecule has 1 amide bonds. The third-order valence-corrected chi connectivity index (χ3v) is 7.66. The van der Waals surface area contributed by atoms with E-state index in [1.807, 2.05) is 19.0 Å². The van der Waals surface area contributed by atoms with Crippen molar-refractivity contribution in [2.75, 3.05) is 33.7 Å². The van der Waals surface area contributed by atoms with E-state index in [2.05, 4.69) is 0 Å². The van der Waals surface area contributed by atoms with Crippen LogP contribution in [0.4, 0.5) is 8.78 Å². The van der Waals surface area contributed by atoms with Gasteiger partial charge in [0, 0.05) is 42.8 Å². The third-order valence-electron chi connectivity index (χ3n) is 7.66. The minimum absolute atomic E-state index is 0.0109. The Bertz CT molecular complexity index is 1410. The van der Waals surface area contributed by atoms with Crippen LogP contribution in [0.2, 0.25) is 0 Å². The number of nitrogens with zero attached hydrogens (tertiary/aromatic N) is 2. The Morgan fingerprint density at radius 3 is 2.23 bits per heavy atom. The molecule has 3 aromatic rings. The zero-order valence-corrected chi connectivity index (χ0v) is 22.9. The van der Waals surface area contributed by atoms with Gasteiger partial charge in [-0.2, -0.15) is 0 Å². The van der Waals surface area contributed by atoms with Gasteiger partial charge in [0.05, 0.1) is 5.56 Å². The molecule has 6 nitrogen and oxygen atoms in total. The van der Waals surface area contributed by atoms with Crippen molar-refractivity contribution < 1.29 is 28.3 Å². The van der Waals surface area contributed by atoms with Crippen LogP contribution in [-0.4, -0.2) is 66.1 Å². The summed E-state index contributed by atoms with van der Waals surface area (Å²) in [4.78, 5) is 44.9. The SMILES string of the molecule is Cc1c(F)cccc1C1C(C(=O)c2cccc(O)c2)CN(C(=O)CCCN(C)C)CC1C(=O)c1ccccc1F. The predicted octanol–water partition coefficient (Wildman–Crippen LogP) is 5.24. The van der Waals surface area contributed by atoms with Gasteiger partial charge in [0.15, 0.2) is 11.6 Å². The molecule has 3 unspecified atom stereocenters. The van der Waals surface area contributed by atoms with Crippen molar-refractivity contribution >= 4 is 17.5 Å². The van der Waals surface area contributed by atoms with Crippen LogP contribution in [0.15, 0.2) is 66.7 Å². The first-order chi connectivity index (χ1) is 19.1. The van der Waals surface area contributed by atoms with Crippen LogP contribution in [-0.2, 0) is 4.79 Å². The number of ketones is 2. The molecule has 3 aromatic carbocycles. The van der Waals surface area contributed by atoms with Gasteiger partial charge < -0.3 is 14.9 Å². The van der Waals surface area contributed by atoms with E-state index in [1.165, 1.54) is 47.4 Å². The molecule has 210 valence electrons. The van der Waals surface area contributed by atoms with Crippen molar-refractivity contribution in [2.24, 2.45) is 11.8 Å². The van der Waals surface area contributed by atoms with Crippen molar-refractivity contribution in [3.8, 4) is 5.75 Å². The quantitative estimate of drug-likeness (QED) is 0.370. The number of hydrogen-bond acceptors (Lipinski definition) is 5. The van der Waals surface area contributed by atoms with Crippen molar-refractivity contribution in [2.45, 2.75) is 25.7 Å². The van der Waals surface area contributed by atoms with Gasteiger partial charge in [0.25, 0.3) is 0 Å². The molecule has 0 spiro atoms. The molecular weight excluding hydrogens is 514 g/mol. The molecule has 1 heterocycles. The lowest BCUT2D eigenvalue weighted by Crippen LogP contribution is -2.52. The number of benzene rings is 3. The maximum Gasteiger partial charge on any atom is 0.222 e. The Labute approximate surface area is 233 Å². The lowest BCUT2D eigenvalue weighted by Gasteiger charge is -2.43. The summed E-state index contributed by atoms with van der Waals surface area (Å²) in [5.41, 5.74) is 0.825. The maximum atomic E-state index is 14.9. The average Bonchev–Trinajstić information content (AvgIpc) is 2.93. The molecule has 1 saturated heterocycles. The first kappa shape index (κ1) is 29.1. The second-order valence-corrected chi connectivity index (χ2v) is 10.7. The van der Waals surface area contributed by atoms with Crippen molar-refractivity contribution in [3.05, 3.63) is 101 Å². The Morgan fingerprint density at radius 1 is 0.900 bits per heavy atom. The Balaban J connectivity index is 1.84. The van der Waals surface area contributed by atoms with E-state index in [-0.39, 0.29) is 48.1 Å². The summed E-state index contributed by atoms with van der Waals surface area (Å²) < 4.78 is 29.7. The highest BCUT2D eigenvalue weighted by molar-refractivity contribution is 6.03. The normalized spacial score (nSPS) is 19.1. The monoisotopic (exact) mass is 548 g/mol. The highest BCUT2D eigenvalue weighted by Crippen LogP contribution is 2.43. The van der Waals surface area contributed by atoms with Crippen molar-refractivity contribution in [3.63, 3.8) is 0 Å². The molecule has 1 fully saturated rings. The summed E-state index contributed by atoms with van der Waals surface area (Å²) in [6.45, 7) is 2.26. The number of phenols is 1. The van der Waals surface area contributed by atoms with Gasteiger partial charge in [-0.15, -0.1) is 0 Å². The molecule has 40 heavy (non-hydrogen) atoms. The number of aromatic hydroxyl groups is 1. The number of piperidine rings is 1. The maximum absolute atomic E-state index is 14.9. The zero-order valence-electron chi connectivity index (χ0n) is 22.9. The number of halogens is 2. The van der Waals surface area contributed by atoms with Gasteiger partial charge in [-0.05, 0) is 75.4 Å². The summed E-state index contributed by atoms with van der Waals surface area (Å²) >= 11 is 0. The molecular formula is C32H34F2N2O4. The molecule has 0 aliphatic carbocycles. The van der Waals surface area contributed by atoms with Crippen LogP contribution in [0.5, 0.6) is 5.75 Å². The van der Waals surface area contributed by atoms with E-state index in [9.17, 15) is 28.3 Å². The molecule has 0 bridgehead atoms. The highest BCUT2D eigenvalue weighted by atomic mass is 19.1. The first-order valence-electron chi connectivity index (χ1n) is 13.4. The van der Waals surface area contributed by atoms with Crippen molar-refractivity contribution in [1.82, 2.24) is 9.80 Å². The summed E-state index contributed by atoms with van der Waals surface area (Å²) in [6, 6.07) is 16.0. The van der Waals surface area contributed by atoms with Gasteiger partial charge in [0.1, 0.15) is 17.4 Å². The van der Waals surface area contributed by atoms with E-state index in [1.54, 1.807) is 31.2 Å². The molecule has 0 radical (unpaired) electrons. The van der Waals surface area contributed by atoms with Crippen molar-refractivity contribution in [1.29, 1.82) is 0 Å². The van der Waals surface area contributed by atoms with Gasteiger partial charge in [-0.3, -0.25) is 14.4 Å². The molecule has 1 N–H and O–H groups in total. The first-order valence-corrected chi connectivity index (χ1v) is 13.4. The van der Waals surface area contributed by atoms with Crippen LogP contribution in [0.3, 0.4) is 0 Å². The fourth-order valence-corrected chi connectivity index (χ4v) is 5.61. The number of carbonyl (C=O) groups excluding carboxylic acids is 3. The largest absolute Gasteiger partial charge is 0.508 e. The van der Waals surface area contributed by atoms with E-state index in [0.717, 1.165) is 0 Å². The topological polar surface area (TPSA) is 77.9 Å². The van der Waals surface area contributed by atoms with Gasteiger partial charge in [0.2, 0.25) is 5.91 Å². The Morgan fingerprint density at radius 2 is 1.55 bits per heavy atom. The van der Waals surface area contributed by atoms with Crippen LogP contribution in [0.25, 0.3) is 0 Å². The molecule has 1 aliphatic heterocycles. The number of Topliss-reactive ketones (excluding diaryl/α,β-unsaturated/α-hetero) is 2. The predicted molar refractivity (Wildman–Crippen MR) is 148 cm³/mol. The minimum Gasteiger partial charge on any atom is -0.508 e. The molecule has 0 aromatic heterocycles. The zero-order chi connectivity index (χ0) is 29.0. The average molecular weight is 549 g/mol. The molecule has 3 atom stereocenters. The number of amides is 1.